The smallest absolute Gasteiger partial charge is 0.233 e. The summed E-state index contributed by atoms with van der Waals surface area (Å²) in [5, 5.41) is -0.173. The average molecular weight is 444 g/mol. The van der Waals surface area contributed by atoms with Crippen molar-refractivity contribution in [2.24, 2.45) is 0 Å². The first-order valence-electron chi connectivity index (χ1n) is 8.95. The van der Waals surface area contributed by atoms with Crippen molar-refractivity contribution in [3.05, 3.63) is 89.2 Å². The number of aromatic nitrogens is 3. The Hall–Kier alpha value is -3.10. The van der Waals surface area contributed by atoms with Gasteiger partial charge in [0, 0.05) is 31.2 Å². The van der Waals surface area contributed by atoms with Crippen LogP contribution in [0.5, 0.6) is 0 Å². The molecule has 0 saturated heterocycles. The van der Waals surface area contributed by atoms with Crippen molar-refractivity contribution in [1.29, 1.82) is 0 Å². The van der Waals surface area contributed by atoms with Crippen molar-refractivity contribution in [3.63, 3.8) is 0 Å². The highest BCUT2D eigenvalue weighted by Gasteiger charge is 2.21. The number of carbonyl (C=O) groups is 1. The van der Waals surface area contributed by atoms with Gasteiger partial charge >= 0.3 is 0 Å². The molecule has 0 spiro atoms. The molecule has 0 aliphatic heterocycles. The molecule has 0 fully saturated rings. The summed E-state index contributed by atoms with van der Waals surface area (Å²) in [5.74, 6) is -0.168. The van der Waals surface area contributed by atoms with Crippen LogP contribution in [0.25, 0.3) is 5.78 Å². The number of hydrogen-bond donors (Lipinski definition) is 0. The topological polar surface area (TPSA) is 81.4 Å². The molecule has 0 unspecified atom stereocenters. The van der Waals surface area contributed by atoms with Crippen molar-refractivity contribution in [2.75, 3.05) is 0 Å². The number of Topliss-reactive ketones (excluding diaryl/α,β-unsaturated/α-hetero) is 1. The van der Waals surface area contributed by atoms with Gasteiger partial charge in [0.1, 0.15) is 5.82 Å². The maximum absolute atomic E-state index is 13.2. The Morgan fingerprint density at radius 3 is 2.60 bits per heavy atom. The van der Waals surface area contributed by atoms with E-state index in [1.165, 1.54) is 18.3 Å². The summed E-state index contributed by atoms with van der Waals surface area (Å²) in [6.45, 7) is 0. The van der Waals surface area contributed by atoms with Gasteiger partial charge in [0.2, 0.25) is 15.6 Å². The second-order valence-electron chi connectivity index (χ2n) is 6.62. The van der Waals surface area contributed by atoms with Crippen molar-refractivity contribution in [3.8, 4) is 0 Å². The quantitative estimate of drug-likeness (QED) is 0.330. The lowest BCUT2D eigenvalue weighted by molar-refractivity contribution is 0.0982. The van der Waals surface area contributed by atoms with Crippen LogP contribution in [-0.2, 0) is 16.3 Å². The minimum Gasteiger partial charge on any atom is -0.294 e. The molecular formula is C21H15ClFN3O3S. The Bertz CT molecular complexity index is 1350. The minimum atomic E-state index is -3.88. The number of aryl methyl sites for hydroxylation is 1. The summed E-state index contributed by atoms with van der Waals surface area (Å²) in [6, 6.07) is 9.36. The zero-order chi connectivity index (χ0) is 21.3. The van der Waals surface area contributed by atoms with Gasteiger partial charge in [-0.1, -0.05) is 23.7 Å². The summed E-state index contributed by atoms with van der Waals surface area (Å²) >= 11 is 5.90. The van der Waals surface area contributed by atoms with Crippen LogP contribution in [-0.4, -0.2) is 28.6 Å². The molecule has 4 rings (SSSR count). The minimum absolute atomic E-state index is 0.0424. The number of sulfone groups is 1. The van der Waals surface area contributed by atoms with Crippen LogP contribution >= 0.6 is 11.6 Å². The highest BCUT2D eigenvalue weighted by atomic mass is 35.5. The molecule has 30 heavy (non-hydrogen) atoms. The number of ketones is 1. The lowest BCUT2D eigenvalue weighted by Crippen LogP contribution is -2.05. The molecule has 6 nitrogen and oxygen atoms in total. The Morgan fingerprint density at radius 1 is 1.10 bits per heavy atom. The fraction of sp³-hybridized carbons (Fsp3) is 0.0952. The molecule has 2 aromatic carbocycles. The molecule has 0 aliphatic carbocycles. The van der Waals surface area contributed by atoms with E-state index in [-0.39, 0.29) is 27.0 Å². The van der Waals surface area contributed by atoms with E-state index in [9.17, 15) is 17.6 Å². The van der Waals surface area contributed by atoms with Gasteiger partial charge in [0.05, 0.1) is 20.4 Å². The second-order valence-corrected chi connectivity index (χ2v) is 8.95. The molecule has 2 heterocycles. The van der Waals surface area contributed by atoms with Gasteiger partial charge in [-0.3, -0.25) is 9.20 Å². The lowest BCUT2D eigenvalue weighted by Gasteiger charge is -2.08. The summed E-state index contributed by atoms with van der Waals surface area (Å²) in [5.41, 5.74) is 1.29. The SMILES string of the molecule is O=C(CCc1ccc(S(=O)(=O)c2ccc(F)cc2Cl)cc1)c1cnc2nccn2c1. The number of halogens is 2. The maximum atomic E-state index is 13.2. The zero-order valence-corrected chi connectivity index (χ0v) is 17.1. The van der Waals surface area contributed by atoms with E-state index in [0.717, 1.165) is 23.8 Å². The highest BCUT2D eigenvalue weighted by molar-refractivity contribution is 7.91. The highest BCUT2D eigenvalue weighted by Crippen LogP contribution is 2.28. The number of carbonyl (C=O) groups excluding carboxylic acids is 1. The number of nitrogens with zero attached hydrogens (tertiary/aromatic N) is 3. The van der Waals surface area contributed by atoms with Gasteiger partial charge in [-0.25, -0.2) is 22.8 Å². The number of fused-ring (bicyclic) bond motifs is 1. The molecule has 0 saturated carbocycles. The Balaban J connectivity index is 1.47. The van der Waals surface area contributed by atoms with Gasteiger partial charge < -0.3 is 0 Å². The third-order valence-electron chi connectivity index (χ3n) is 4.63. The zero-order valence-electron chi connectivity index (χ0n) is 15.5. The molecule has 9 heteroatoms. The first-order valence-corrected chi connectivity index (χ1v) is 10.8. The van der Waals surface area contributed by atoms with E-state index in [1.807, 2.05) is 0 Å². The lowest BCUT2D eigenvalue weighted by atomic mass is 10.0. The molecule has 0 bridgehead atoms. The van der Waals surface area contributed by atoms with E-state index >= 15 is 0 Å². The predicted molar refractivity (Wildman–Crippen MR) is 109 cm³/mol. The third-order valence-corrected chi connectivity index (χ3v) is 6.88. The largest absolute Gasteiger partial charge is 0.294 e. The van der Waals surface area contributed by atoms with E-state index in [0.29, 0.717) is 17.8 Å². The Labute approximate surface area is 176 Å². The second kappa shape index (κ2) is 7.97. The molecule has 2 aromatic heterocycles. The van der Waals surface area contributed by atoms with Gasteiger partial charge in [-0.15, -0.1) is 0 Å². The van der Waals surface area contributed by atoms with E-state index in [1.54, 1.807) is 35.1 Å². The van der Waals surface area contributed by atoms with Gasteiger partial charge in [0.25, 0.3) is 0 Å². The van der Waals surface area contributed by atoms with E-state index < -0.39 is 15.7 Å². The van der Waals surface area contributed by atoms with Crippen LogP contribution in [0.15, 0.2) is 77.0 Å². The summed E-state index contributed by atoms with van der Waals surface area (Å²) in [6.07, 6.45) is 7.18. The number of imidazole rings is 1. The van der Waals surface area contributed by atoms with Crippen molar-refractivity contribution >= 4 is 33.0 Å². The Kier molecular flexibility index (Phi) is 5.36. The average Bonchev–Trinajstić information content (AvgIpc) is 3.20. The Morgan fingerprint density at radius 2 is 1.87 bits per heavy atom. The van der Waals surface area contributed by atoms with Gasteiger partial charge in [-0.2, -0.15) is 0 Å². The van der Waals surface area contributed by atoms with Crippen LogP contribution < -0.4 is 0 Å². The van der Waals surface area contributed by atoms with Crippen molar-refractivity contribution in [2.45, 2.75) is 22.6 Å². The summed E-state index contributed by atoms with van der Waals surface area (Å²) in [4.78, 5) is 20.5. The van der Waals surface area contributed by atoms with Crippen molar-refractivity contribution in [1.82, 2.24) is 14.4 Å². The number of benzene rings is 2. The van der Waals surface area contributed by atoms with Gasteiger partial charge in [0.15, 0.2) is 5.78 Å². The monoisotopic (exact) mass is 443 g/mol. The molecular weight excluding hydrogens is 429 g/mol. The molecule has 0 N–H and O–H groups in total. The number of rotatable bonds is 6. The molecule has 0 aliphatic rings. The molecule has 0 amide bonds. The fourth-order valence-electron chi connectivity index (χ4n) is 3.02. The van der Waals surface area contributed by atoms with E-state index in [2.05, 4.69) is 9.97 Å². The normalized spacial score (nSPS) is 11.7. The van der Waals surface area contributed by atoms with Gasteiger partial charge in [-0.05, 0) is 42.3 Å². The molecule has 0 atom stereocenters. The van der Waals surface area contributed by atoms with Crippen LogP contribution in [0.2, 0.25) is 5.02 Å². The van der Waals surface area contributed by atoms with Crippen molar-refractivity contribution < 1.29 is 17.6 Å². The predicted octanol–water partition coefficient (Wildman–Crippen LogP) is 4.17. The maximum Gasteiger partial charge on any atom is 0.233 e. The fourth-order valence-corrected chi connectivity index (χ4v) is 4.80. The first-order chi connectivity index (χ1) is 14.3. The first kappa shape index (κ1) is 20.2. The van der Waals surface area contributed by atoms with Crippen LogP contribution in [0, 0.1) is 5.82 Å². The number of hydrogen-bond acceptors (Lipinski definition) is 5. The molecule has 152 valence electrons. The third kappa shape index (κ3) is 3.96. The van der Waals surface area contributed by atoms with Crippen LogP contribution in [0.4, 0.5) is 4.39 Å². The molecule has 0 radical (unpaired) electrons. The van der Waals surface area contributed by atoms with Crippen LogP contribution in [0.3, 0.4) is 0 Å². The summed E-state index contributed by atoms with van der Waals surface area (Å²) < 4.78 is 40.4. The molecule has 4 aromatic rings. The summed E-state index contributed by atoms with van der Waals surface area (Å²) in [7, 11) is -3.88. The standard InChI is InChI=1S/C21H15ClFN3O3S/c22-18-11-16(23)4-8-20(18)30(28,29)17-5-1-14(2-6-17)3-7-19(27)15-12-25-21-24-9-10-26(21)13-15/h1-2,4-6,8-13H,3,7H2. The van der Waals surface area contributed by atoms with E-state index in [4.69, 9.17) is 11.6 Å². The van der Waals surface area contributed by atoms with Crippen LogP contribution in [0.1, 0.15) is 22.3 Å².